The van der Waals surface area contributed by atoms with Crippen molar-refractivity contribution in [3.05, 3.63) is 29.5 Å². The predicted molar refractivity (Wildman–Crippen MR) is 110 cm³/mol. The molecule has 6 heteroatoms. The Morgan fingerprint density at radius 2 is 2.14 bits per heavy atom. The van der Waals surface area contributed by atoms with E-state index in [1.54, 1.807) is 11.0 Å². The molecule has 2 aromatic rings. The molecule has 152 valence electrons. The van der Waals surface area contributed by atoms with Gasteiger partial charge in [0.15, 0.2) is 0 Å². The lowest BCUT2D eigenvalue weighted by Gasteiger charge is -2.35. The van der Waals surface area contributed by atoms with Crippen LogP contribution in [0, 0.1) is 5.92 Å². The van der Waals surface area contributed by atoms with E-state index in [2.05, 4.69) is 23.3 Å². The Morgan fingerprint density at radius 3 is 2.79 bits per heavy atom. The third-order valence-corrected chi connectivity index (χ3v) is 5.53. The highest BCUT2D eigenvalue weighted by Gasteiger charge is 2.35. The zero-order valence-corrected chi connectivity index (χ0v) is 17.3. The van der Waals surface area contributed by atoms with Gasteiger partial charge in [-0.05, 0) is 49.6 Å². The van der Waals surface area contributed by atoms with Crippen molar-refractivity contribution in [2.45, 2.75) is 52.7 Å². The summed E-state index contributed by atoms with van der Waals surface area (Å²) in [5.74, 6) is 0.741. The van der Waals surface area contributed by atoms with Gasteiger partial charge in [-0.25, -0.2) is 0 Å². The summed E-state index contributed by atoms with van der Waals surface area (Å²) in [6.07, 6.45) is 2.21. The number of nitrogens with zero attached hydrogens (tertiary/aromatic N) is 3. The van der Waals surface area contributed by atoms with Crippen molar-refractivity contribution in [2.75, 3.05) is 20.1 Å². The van der Waals surface area contributed by atoms with Crippen LogP contribution < -0.4 is 0 Å². The van der Waals surface area contributed by atoms with Crippen LogP contribution in [0.4, 0.5) is 0 Å². The minimum Gasteiger partial charge on any atom is -0.508 e. The van der Waals surface area contributed by atoms with Crippen LogP contribution in [0.15, 0.2) is 18.2 Å². The largest absolute Gasteiger partial charge is 0.508 e. The number of likely N-dealkylation sites (N-methyl/N-ethyl adjacent to an activating group) is 1. The number of benzene rings is 1. The lowest BCUT2D eigenvalue weighted by atomic mass is 9.96. The summed E-state index contributed by atoms with van der Waals surface area (Å²) in [6.45, 7) is 8.70. The molecular weight excluding hydrogens is 354 g/mol. The molecule has 1 unspecified atom stereocenters. The lowest BCUT2D eigenvalue weighted by Crippen LogP contribution is -2.51. The first kappa shape index (κ1) is 20.4. The molecule has 3 rings (SSSR count). The zero-order valence-electron chi connectivity index (χ0n) is 17.3. The van der Waals surface area contributed by atoms with Gasteiger partial charge in [-0.15, -0.1) is 0 Å². The van der Waals surface area contributed by atoms with Crippen LogP contribution in [0.2, 0.25) is 0 Å². The van der Waals surface area contributed by atoms with Crippen molar-refractivity contribution in [2.24, 2.45) is 5.92 Å². The number of hydrogen-bond donors (Lipinski definition) is 1. The maximum atomic E-state index is 13.2. The number of amides is 1. The van der Waals surface area contributed by atoms with Crippen LogP contribution >= 0.6 is 0 Å². The highest BCUT2D eigenvalue weighted by atomic mass is 16.3. The van der Waals surface area contributed by atoms with Gasteiger partial charge in [0.1, 0.15) is 12.0 Å². The fourth-order valence-electron chi connectivity index (χ4n) is 4.28. The standard InChI is InChI=1S/C22H31N3O3/c1-5-8-24(9-10-26)22(28)20-12-18-17-11-16(27)6-7-19(17)25(13-15(2)3)21(18)14-23(20)4/h6-7,10-11,15,20,27H,5,8-9,12-14H2,1-4H3. The summed E-state index contributed by atoms with van der Waals surface area (Å²) in [5.41, 5.74) is 3.47. The minimum absolute atomic E-state index is 0.00649. The molecule has 1 aliphatic heterocycles. The van der Waals surface area contributed by atoms with E-state index in [0.717, 1.165) is 35.7 Å². The Balaban J connectivity index is 2.03. The molecule has 28 heavy (non-hydrogen) atoms. The number of aromatic hydroxyl groups is 1. The lowest BCUT2D eigenvalue weighted by molar-refractivity contribution is -0.138. The molecule has 0 spiro atoms. The number of aromatic nitrogens is 1. The van der Waals surface area contributed by atoms with Gasteiger partial charge in [0.05, 0.1) is 12.6 Å². The molecule has 0 aliphatic carbocycles. The Bertz CT molecular complexity index is 872. The monoisotopic (exact) mass is 385 g/mol. The number of carbonyl (C=O) groups is 2. The van der Waals surface area contributed by atoms with E-state index in [9.17, 15) is 14.7 Å². The number of carbonyl (C=O) groups excluding carboxylic acids is 2. The van der Waals surface area contributed by atoms with Crippen LogP contribution in [0.1, 0.15) is 38.4 Å². The highest BCUT2D eigenvalue weighted by molar-refractivity contribution is 5.90. The first-order valence-corrected chi connectivity index (χ1v) is 10.1. The first-order valence-electron chi connectivity index (χ1n) is 10.1. The molecular formula is C22H31N3O3. The van der Waals surface area contributed by atoms with Crippen LogP contribution in [0.5, 0.6) is 5.75 Å². The second-order valence-corrected chi connectivity index (χ2v) is 8.22. The smallest absolute Gasteiger partial charge is 0.240 e. The molecule has 1 amide bonds. The number of aldehydes is 1. The van der Waals surface area contributed by atoms with Gasteiger partial charge in [-0.2, -0.15) is 0 Å². The molecule has 0 radical (unpaired) electrons. The van der Waals surface area contributed by atoms with E-state index < -0.39 is 0 Å². The Morgan fingerprint density at radius 1 is 1.39 bits per heavy atom. The van der Waals surface area contributed by atoms with Gasteiger partial charge in [0, 0.05) is 36.2 Å². The van der Waals surface area contributed by atoms with Crippen molar-refractivity contribution in [3.8, 4) is 5.75 Å². The first-order chi connectivity index (χ1) is 13.4. The number of hydrogen-bond acceptors (Lipinski definition) is 4. The van der Waals surface area contributed by atoms with E-state index >= 15 is 0 Å². The maximum Gasteiger partial charge on any atom is 0.240 e. The quantitative estimate of drug-likeness (QED) is 0.745. The van der Waals surface area contributed by atoms with Gasteiger partial charge in [0.25, 0.3) is 0 Å². The summed E-state index contributed by atoms with van der Waals surface area (Å²) < 4.78 is 2.33. The number of rotatable bonds is 7. The van der Waals surface area contributed by atoms with E-state index in [1.165, 1.54) is 5.69 Å². The number of phenols is 1. The van der Waals surface area contributed by atoms with Crippen molar-refractivity contribution in [1.29, 1.82) is 0 Å². The maximum absolute atomic E-state index is 13.2. The van der Waals surface area contributed by atoms with Crippen molar-refractivity contribution in [1.82, 2.24) is 14.4 Å². The Hall–Kier alpha value is -2.34. The molecule has 1 N–H and O–H groups in total. The van der Waals surface area contributed by atoms with Crippen LogP contribution in [0.25, 0.3) is 10.9 Å². The SMILES string of the molecule is CCCN(CC=O)C(=O)C1Cc2c(n(CC(C)C)c3ccc(O)cc23)CN1C. The summed E-state index contributed by atoms with van der Waals surface area (Å²) >= 11 is 0. The van der Waals surface area contributed by atoms with Crippen molar-refractivity contribution >= 4 is 23.1 Å². The second-order valence-electron chi connectivity index (χ2n) is 8.22. The van der Waals surface area contributed by atoms with Gasteiger partial charge in [-0.1, -0.05) is 20.8 Å². The summed E-state index contributed by atoms with van der Waals surface area (Å²) in [7, 11) is 1.98. The normalized spacial score (nSPS) is 17.1. The van der Waals surface area contributed by atoms with Gasteiger partial charge in [-0.3, -0.25) is 9.69 Å². The average Bonchev–Trinajstić information content (AvgIpc) is 2.92. The predicted octanol–water partition coefficient (Wildman–Crippen LogP) is 2.80. The average molecular weight is 386 g/mol. The van der Waals surface area contributed by atoms with E-state index in [0.29, 0.717) is 25.4 Å². The molecule has 6 nitrogen and oxygen atoms in total. The molecule has 0 saturated carbocycles. The van der Waals surface area contributed by atoms with E-state index in [-0.39, 0.29) is 24.2 Å². The highest BCUT2D eigenvalue weighted by Crippen LogP contribution is 2.35. The molecule has 0 saturated heterocycles. The molecule has 1 aromatic heterocycles. The molecule has 2 heterocycles. The topological polar surface area (TPSA) is 65.8 Å². The third-order valence-electron chi connectivity index (χ3n) is 5.53. The summed E-state index contributed by atoms with van der Waals surface area (Å²) in [6, 6.07) is 5.22. The molecule has 0 bridgehead atoms. The molecule has 1 aliphatic rings. The van der Waals surface area contributed by atoms with Crippen LogP contribution in [-0.4, -0.2) is 57.8 Å². The van der Waals surface area contributed by atoms with Crippen LogP contribution in [0.3, 0.4) is 0 Å². The van der Waals surface area contributed by atoms with E-state index in [1.807, 2.05) is 26.1 Å². The van der Waals surface area contributed by atoms with Crippen LogP contribution in [-0.2, 0) is 29.1 Å². The summed E-state index contributed by atoms with van der Waals surface area (Å²) in [5, 5.41) is 11.1. The summed E-state index contributed by atoms with van der Waals surface area (Å²) in [4.78, 5) is 27.9. The third kappa shape index (κ3) is 3.78. The van der Waals surface area contributed by atoms with E-state index in [4.69, 9.17) is 0 Å². The minimum atomic E-state index is -0.292. The Labute approximate surface area is 166 Å². The molecule has 1 aromatic carbocycles. The number of fused-ring (bicyclic) bond motifs is 3. The van der Waals surface area contributed by atoms with Crippen molar-refractivity contribution in [3.63, 3.8) is 0 Å². The number of phenolic OH excluding ortho intramolecular Hbond substituents is 1. The molecule has 0 fully saturated rings. The fourth-order valence-corrected chi connectivity index (χ4v) is 4.28. The fraction of sp³-hybridized carbons (Fsp3) is 0.545. The van der Waals surface area contributed by atoms with Gasteiger partial charge >= 0.3 is 0 Å². The zero-order chi connectivity index (χ0) is 20.4. The van der Waals surface area contributed by atoms with Gasteiger partial charge < -0.3 is 19.4 Å². The van der Waals surface area contributed by atoms with Gasteiger partial charge in [0.2, 0.25) is 5.91 Å². The Kier molecular flexibility index (Phi) is 6.08. The van der Waals surface area contributed by atoms with Crippen molar-refractivity contribution < 1.29 is 14.7 Å². The second kappa shape index (κ2) is 8.35. The molecule has 1 atom stereocenters.